The van der Waals surface area contributed by atoms with Crippen molar-refractivity contribution in [3.8, 4) is 5.88 Å². The van der Waals surface area contributed by atoms with Crippen molar-refractivity contribution in [1.29, 1.82) is 0 Å². The summed E-state index contributed by atoms with van der Waals surface area (Å²) in [7, 11) is 1.61. The smallest absolute Gasteiger partial charge is 0.218 e. The SMILES string of the molecule is COc1cc(N2CCOC3CCC2C3OCc2ccncc2)ncn1. The van der Waals surface area contributed by atoms with Crippen LogP contribution in [0.25, 0.3) is 0 Å². The predicted octanol–water partition coefficient (Wildman–Crippen LogP) is 1.83. The number of methoxy groups -OCH3 is 1. The molecule has 132 valence electrons. The van der Waals surface area contributed by atoms with Gasteiger partial charge in [0.1, 0.15) is 18.2 Å². The van der Waals surface area contributed by atoms with Crippen molar-refractivity contribution in [2.24, 2.45) is 0 Å². The third-order valence-electron chi connectivity index (χ3n) is 4.88. The molecule has 2 aliphatic rings. The summed E-state index contributed by atoms with van der Waals surface area (Å²) in [6, 6.07) is 6.08. The van der Waals surface area contributed by atoms with Gasteiger partial charge in [-0.2, -0.15) is 0 Å². The fourth-order valence-corrected chi connectivity index (χ4v) is 3.66. The molecule has 2 bridgehead atoms. The van der Waals surface area contributed by atoms with Gasteiger partial charge in [-0.3, -0.25) is 4.98 Å². The lowest BCUT2D eigenvalue weighted by molar-refractivity contribution is -0.0554. The Morgan fingerprint density at radius 3 is 2.96 bits per heavy atom. The second kappa shape index (κ2) is 7.33. The van der Waals surface area contributed by atoms with E-state index in [1.165, 1.54) is 0 Å². The molecule has 2 aromatic rings. The van der Waals surface area contributed by atoms with E-state index < -0.39 is 0 Å². The molecule has 0 aromatic carbocycles. The molecule has 25 heavy (non-hydrogen) atoms. The van der Waals surface area contributed by atoms with Crippen molar-refractivity contribution in [3.05, 3.63) is 42.5 Å². The van der Waals surface area contributed by atoms with E-state index in [4.69, 9.17) is 14.2 Å². The van der Waals surface area contributed by atoms with Crippen LogP contribution in [-0.2, 0) is 16.1 Å². The predicted molar refractivity (Wildman–Crippen MR) is 91.5 cm³/mol. The summed E-state index contributed by atoms with van der Waals surface area (Å²) in [6.07, 6.45) is 7.31. The number of rotatable bonds is 5. The van der Waals surface area contributed by atoms with Crippen molar-refractivity contribution >= 4 is 5.82 Å². The molecule has 7 heteroatoms. The van der Waals surface area contributed by atoms with Gasteiger partial charge >= 0.3 is 0 Å². The monoisotopic (exact) mass is 342 g/mol. The number of ether oxygens (including phenoxy) is 3. The third kappa shape index (κ3) is 3.43. The van der Waals surface area contributed by atoms with Gasteiger partial charge < -0.3 is 19.1 Å². The summed E-state index contributed by atoms with van der Waals surface area (Å²) in [5.74, 6) is 1.43. The minimum absolute atomic E-state index is 0.0247. The summed E-state index contributed by atoms with van der Waals surface area (Å²) in [5.41, 5.74) is 1.12. The average molecular weight is 342 g/mol. The first-order valence-corrected chi connectivity index (χ1v) is 8.60. The Bertz CT molecular complexity index is 700. The molecule has 0 radical (unpaired) electrons. The lowest BCUT2D eigenvalue weighted by Gasteiger charge is -2.32. The average Bonchev–Trinajstić information content (AvgIpc) is 2.96. The Morgan fingerprint density at radius 1 is 1.24 bits per heavy atom. The van der Waals surface area contributed by atoms with Crippen LogP contribution >= 0.6 is 0 Å². The quantitative estimate of drug-likeness (QED) is 0.821. The molecule has 1 aliphatic carbocycles. The largest absolute Gasteiger partial charge is 0.481 e. The molecule has 3 unspecified atom stereocenters. The number of hydrogen-bond donors (Lipinski definition) is 0. The minimum atomic E-state index is 0.0247. The molecule has 0 N–H and O–H groups in total. The number of pyridine rings is 1. The van der Waals surface area contributed by atoms with E-state index in [2.05, 4.69) is 19.9 Å². The molecule has 4 rings (SSSR count). The van der Waals surface area contributed by atoms with Crippen molar-refractivity contribution in [2.45, 2.75) is 37.7 Å². The lowest BCUT2D eigenvalue weighted by atomic mass is 10.1. The summed E-state index contributed by atoms with van der Waals surface area (Å²) in [4.78, 5) is 14.9. The fourth-order valence-electron chi connectivity index (χ4n) is 3.66. The first kappa shape index (κ1) is 16.2. The van der Waals surface area contributed by atoms with E-state index in [0.717, 1.165) is 30.8 Å². The zero-order valence-electron chi connectivity index (χ0n) is 14.2. The Kier molecular flexibility index (Phi) is 4.76. The van der Waals surface area contributed by atoms with E-state index in [1.54, 1.807) is 25.8 Å². The Hall–Kier alpha value is -2.25. The highest BCUT2D eigenvalue weighted by molar-refractivity contribution is 5.43. The maximum absolute atomic E-state index is 6.28. The van der Waals surface area contributed by atoms with Crippen LogP contribution in [0.2, 0.25) is 0 Å². The topological polar surface area (TPSA) is 69.6 Å². The van der Waals surface area contributed by atoms with Gasteiger partial charge in [0.05, 0.1) is 32.5 Å². The van der Waals surface area contributed by atoms with Crippen molar-refractivity contribution < 1.29 is 14.2 Å². The molecule has 0 spiro atoms. The summed E-state index contributed by atoms with van der Waals surface area (Å²) < 4.78 is 17.6. The number of nitrogens with zero attached hydrogens (tertiary/aromatic N) is 4. The van der Waals surface area contributed by atoms with E-state index >= 15 is 0 Å². The summed E-state index contributed by atoms with van der Waals surface area (Å²) in [6.45, 7) is 2.02. The molecule has 7 nitrogen and oxygen atoms in total. The third-order valence-corrected chi connectivity index (χ3v) is 4.88. The molecule has 2 aromatic heterocycles. The normalized spacial score (nSPS) is 25.6. The number of aromatic nitrogens is 3. The Labute approximate surface area is 147 Å². The number of fused-ring (bicyclic) bond motifs is 2. The van der Waals surface area contributed by atoms with E-state index in [1.807, 2.05) is 18.2 Å². The first-order valence-electron chi connectivity index (χ1n) is 8.60. The molecular formula is C18H22N4O3. The first-order chi connectivity index (χ1) is 12.3. The van der Waals surface area contributed by atoms with Crippen molar-refractivity contribution in [1.82, 2.24) is 15.0 Å². The molecule has 0 amide bonds. The molecular weight excluding hydrogens is 320 g/mol. The van der Waals surface area contributed by atoms with Crippen LogP contribution < -0.4 is 9.64 Å². The maximum atomic E-state index is 6.28. The van der Waals surface area contributed by atoms with Crippen LogP contribution in [-0.4, -0.2) is 53.5 Å². The Morgan fingerprint density at radius 2 is 2.12 bits per heavy atom. The van der Waals surface area contributed by atoms with E-state index in [-0.39, 0.29) is 18.2 Å². The van der Waals surface area contributed by atoms with Crippen LogP contribution in [0.5, 0.6) is 5.88 Å². The molecule has 2 fully saturated rings. The maximum Gasteiger partial charge on any atom is 0.218 e. The molecule has 3 heterocycles. The van der Waals surface area contributed by atoms with Gasteiger partial charge in [-0.25, -0.2) is 9.97 Å². The Balaban J connectivity index is 1.53. The number of hydrogen-bond acceptors (Lipinski definition) is 7. The fraction of sp³-hybridized carbons (Fsp3) is 0.500. The second-order valence-electron chi connectivity index (χ2n) is 6.30. The highest BCUT2D eigenvalue weighted by Gasteiger charge is 2.43. The highest BCUT2D eigenvalue weighted by Crippen LogP contribution is 2.35. The van der Waals surface area contributed by atoms with Crippen LogP contribution in [0.15, 0.2) is 36.9 Å². The zero-order chi connectivity index (χ0) is 17.1. The van der Waals surface area contributed by atoms with Crippen LogP contribution in [0.3, 0.4) is 0 Å². The van der Waals surface area contributed by atoms with Gasteiger partial charge in [0, 0.05) is 25.0 Å². The van der Waals surface area contributed by atoms with Gasteiger partial charge in [-0.05, 0) is 30.5 Å². The zero-order valence-corrected chi connectivity index (χ0v) is 14.2. The molecule has 3 atom stereocenters. The van der Waals surface area contributed by atoms with Gasteiger partial charge in [-0.1, -0.05) is 0 Å². The van der Waals surface area contributed by atoms with Crippen molar-refractivity contribution in [2.75, 3.05) is 25.2 Å². The summed E-state index contributed by atoms with van der Waals surface area (Å²) in [5, 5.41) is 0. The van der Waals surface area contributed by atoms with E-state index in [9.17, 15) is 0 Å². The van der Waals surface area contributed by atoms with Crippen LogP contribution in [0, 0.1) is 0 Å². The van der Waals surface area contributed by atoms with E-state index in [0.29, 0.717) is 19.1 Å². The van der Waals surface area contributed by atoms with Gasteiger partial charge in [-0.15, -0.1) is 0 Å². The summed E-state index contributed by atoms with van der Waals surface area (Å²) >= 11 is 0. The van der Waals surface area contributed by atoms with Gasteiger partial charge in [0.2, 0.25) is 5.88 Å². The van der Waals surface area contributed by atoms with Crippen molar-refractivity contribution in [3.63, 3.8) is 0 Å². The highest BCUT2D eigenvalue weighted by atomic mass is 16.5. The van der Waals surface area contributed by atoms with Crippen LogP contribution in [0.1, 0.15) is 18.4 Å². The number of anilines is 1. The molecule has 1 saturated heterocycles. The second-order valence-corrected chi connectivity index (χ2v) is 6.30. The van der Waals surface area contributed by atoms with Crippen LogP contribution in [0.4, 0.5) is 5.82 Å². The minimum Gasteiger partial charge on any atom is -0.481 e. The van der Waals surface area contributed by atoms with Gasteiger partial charge in [0.15, 0.2) is 0 Å². The molecule has 1 aliphatic heterocycles. The lowest BCUT2D eigenvalue weighted by Crippen LogP contribution is -2.43. The standard InChI is InChI=1S/C18H22N4O3/c1-23-17-10-16(20-12-21-17)22-8-9-24-15-3-2-14(22)18(15)25-11-13-4-6-19-7-5-13/h4-7,10,12,14-15,18H,2-3,8-9,11H2,1H3. The van der Waals surface area contributed by atoms with Gasteiger partial charge in [0.25, 0.3) is 0 Å². The molecule has 1 saturated carbocycles.